The molecule has 28 heavy (non-hydrogen) atoms. The highest BCUT2D eigenvalue weighted by molar-refractivity contribution is 7.89. The highest BCUT2D eigenvalue weighted by atomic mass is 32.2. The number of hydrogen-bond acceptors (Lipinski definition) is 6. The number of carbonyl (C=O) groups is 1. The Morgan fingerprint density at radius 2 is 1.89 bits per heavy atom. The number of hydrogen-bond donors (Lipinski definition) is 1. The van der Waals surface area contributed by atoms with Crippen LogP contribution in [0.25, 0.3) is 0 Å². The minimum absolute atomic E-state index is 0.0264. The lowest BCUT2D eigenvalue weighted by Crippen LogP contribution is -2.38. The van der Waals surface area contributed by atoms with Crippen molar-refractivity contribution in [1.82, 2.24) is 14.5 Å². The molecule has 1 aromatic carbocycles. The molecule has 0 unspecified atom stereocenters. The van der Waals surface area contributed by atoms with Crippen LogP contribution in [0.1, 0.15) is 66.2 Å². The molecule has 0 radical (unpaired) electrons. The molecule has 1 aromatic heterocycles. The molecule has 2 aromatic rings. The third kappa shape index (κ3) is 4.11. The van der Waals surface area contributed by atoms with Gasteiger partial charge in [-0.3, -0.25) is 10.1 Å². The number of carbonyl (C=O) groups excluding carboxylic acids is 1. The average Bonchev–Trinajstić information content (AvgIpc) is 3.47. The number of nitrogens with one attached hydrogen (secondary N) is 1. The van der Waals surface area contributed by atoms with Gasteiger partial charge >= 0.3 is 0 Å². The van der Waals surface area contributed by atoms with Crippen LogP contribution in [0.5, 0.6) is 0 Å². The maximum absolute atomic E-state index is 13.0. The van der Waals surface area contributed by atoms with E-state index in [9.17, 15) is 13.2 Å². The number of rotatable bonds is 6. The zero-order chi connectivity index (χ0) is 19.7. The van der Waals surface area contributed by atoms with Crippen LogP contribution in [-0.4, -0.2) is 41.9 Å². The first-order chi connectivity index (χ1) is 13.4. The van der Waals surface area contributed by atoms with Crippen LogP contribution >= 0.6 is 11.3 Å². The maximum Gasteiger partial charge on any atom is 0.257 e. The van der Waals surface area contributed by atoms with Crippen LogP contribution in [0.4, 0.5) is 5.13 Å². The second-order valence-corrected chi connectivity index (χ2v) is 10.5. The van der Waals surface area contributed by atoms with E-state index in [0.29, 0.717) is 16.6 Å². The molecule has 4 rings (SSSR count). The van der Waals surface area contributed by atoms with E-state index >= 15 is 0 Å². The fourth-order valence-corrected chi connectivity index (χ4v) is 5.92. The topological polar surface area (TPSA) is 92.3 Å². The Hall–Kier alpha value is -1.84. The lowest BCUT2D eigenvalue weighted by molar-refractivity contribution is 0.102. The fraction of sp³-hybridized carbons (Fsp3) is 0.526. The third-order valence-electron chi connectivity index (χ3n) is 5.45. The van der Waals surface area contributed by atoms with Gasteiger partial charge in [-0.25, -0.2) is 8.42 Å². The second-order valence-electron chi connectivity index (χ2n) is 7.51. The van der Waals surface area contributed by atoms with Gasteiger partial charge in [0, 0.05) is 24.6 Å². The monoisotopic (exact) mass is 420 g/mol. The largest absolute Gasteiger partial charge is 0.296 e. The number of nitrogens with zero attached hydrogens (tertiary/aromatic N) is 3. The van der Waals surface area contributed by atoms with Crippen molar-refractivity contribution in [3.8, 4) is 0 Å². The predicted molar refractivity (Wildman–Crippen MR) is 108 cm³/mol. The summed E-state index contributed by atoms with van der Waals surface area (Å²) in [7, 11) is -2.00. The van der Waals surface area contributed by atoms with Crippen molar-refractivity contribution >= 4 is 32.4 Å². The molecule has 0 aliphatic heterocycles. The molecule has 2 aliphatic carbocycles. The zero-order valence-electron chi connectivity index (χ0n) is 15.8. The number of amides is 1. The summed E-state index contributed by atoms with van der Waals surface area (Å²) in [6.45, 7) is 0. The summed E-state index contributed by atoms with van der Waals surface area (Å²) in [5, 5.41) is 12.2. The van der Waals surface area contributed by atoms with Gasteiger partial charge in [-0.15, -0.1) is 10.2 Å². The number of sulfonamides is 1. The quantitative estimate of drug-likeness (QED) is 0.770. The first-order valence-electron chi connectivity index (χ1n) is 9.68. The maximum atomic E-state index is 13.0. The molecule has 1 heterocycles. The molecule has 2 aliphatic rings. The van der Waals surface area contributed by atoms with Crippen molar-refractivity contribution in [2.75, 3.05) is 12.4 Å². The molecular weight excluding hydrogens is 396 g/mol. The first kappa shape index (κ1) is 19.5. The Kier molecular flexibility index (Phi) is 5.48. The molecule has 0 spiro atoms. The van der Waals surface area contributed by atoms with Gasteiger partial charge in [0.15, 0.2) is 0 Å². The molecule has 1 amide bonds. The summed E-state index contributed by atoms with van der Waals surface area (Å²) >= 11 is 1.38. The van der Waals surface area contributed by atoms with E-state index in [4.69, 9.17) is 0 Å². The number of aromatic nitrogens is 2. The summed E-state index contributed by atoms with van der Waals surface area (Å²) in [5.74, 6) is 0.0998. The summed E-state index contributed by atoms with van der Waals surface area (Å²) < 4.78 is 27.5. The van der Waals surface area contributed by atoms with Crippen LogP contribution in [0, 0.1) is 0 Å². The SMILES string of the molecule is CN(C1CCCCC1)S(=O)(=O)c1cccc(C(=O)Nc2nnc(C3CC3)s2)c1. The van der Waals surface area contributed by atoms with Crippen LogP contribution in [0.2, 0.25) is 0 Å². The number of benzene rings is 1. The normalized spacial score (nSPS) is 18.4. The Morgan fingerprint density at radius 1 is 1.14 bits per heavy atom. The minimum atomic E-state index is -3.64. The highest BCUT2D eigenvalue weighted by Crippen LogP contribution is 2.42. The van der Waals surface area contributed by atoms with Crippen molar-refractivity contribution in [3.05, 3.63) is 34.8 Å². The summed E-state index contributed by atoms with van der Waals surface area (Å²) in [6, 6.07) is 6.22. The fourth-order valence-electron chi connectivity index (χ4n) is 3.55. The van der Waals surface area contributed by atoms with E-state index in [-0.39, 0.29) is 16.8 Å². The predicted octanol–water partition coefficient (Wildman–Crippen LogP) is 3.62. The van der Waals surface area contributed by atoms with E-state index in [0.717, 1.165) is 50.0 Å². The molecule has 7 nitrogen and oxygen atoms in total. The molecule has 0 bridgehead atoms. The molecule has 0 atom stereocenters. The molecular formula is C19H24N4O3S2. The molecule has 9 heteroatoms. The van der Waals surface area contributed by atoms with Crippen molar-refractivity contribution in [3.63, 3.8) is 0 Å². The van der Waals surface area contributed by atoms with Gasteiger partial charge in [0.05, 0.1) is 4.90 Å². The first-order valence-corrected chi connectivity index (χ1v) is 11.9. The van der Waals surface area contributed by atoms with Crippen molar-refractivity contribution in [2.45, 2.75) is 61.8 Å². The Labute approximate surface area is 169 Å². The zero-order valence-corrected chi connectivity index (χ0v) is 17.4. The molecule has 150 valence electrons. The molecule has 0 saturated heterocycles. The average molecular weight is 421 g/mol. The van der Waals surface area contributed by atoms with Gasteiger partial charge in [0.2, 0.25) is 15.2 Å². The Balaban J connectivity index is 1.50. The Morgan fingerprint density at radius 3 is 2.61 bits per heavy atom. The van der Waals surface area contributed by atoms with Crippen molar-refractivity contribution in [2.24, 2.45) is 0 Å². The van der Waals surface area contributed by atoms with Crippen LogP contribution in [0.15, 0.2) is 29.2 Å². The Bertz CT molecular complexity index is 963. The van der Waals surface area contributed by atoms with E-state index < -0.39 is 10.0 Å². The van der Waals surface area contributed by atoms with Gasteiger partial charge in [-0.1, -0.05) is 36.7 Å². The van der Waals surface area contributed by atoms with Crippen molar-refractivity contribution < 1.29 is 13.2 Å². The van der Waals surface area contributed by atoms with Crippen LogP contribution < -0.4 is 5.32 Å². The van der Waals surface area contributed by atoms with Gasteiger partial charge in [-0.2, -0.15) is 4.31 Å². The standard InChI is InChI=1S/C19H24N4O3S2/c1-23(15-7-3-2-4-8-15)28(25,26)16-9-5-6-14(12-16)17(24)20-19-22-21-18(27-19)13-10-11-13/h5-6,9,12-13,15H,2-4,7-8,10-11H2,1H3,(H,20,22,24). The lowest BCUT2D eigenvalue weighted by Gasteiger charge is -2.30. The van der Waals surface area contributed by atoms with E-state index in [1.807, 2.05) is 0 Å². The van der Waals surface area contributed by atoms with Crippen LogP contribution in [0.3, 0.4) is 0 Å². The van der Waals surface area contributed by atoms with E-state index in [2.05, 4.69) is 15.5 Å². The second kappa shape index (κ2) is 7.88. The van der Waals surface area contributed by atoms with Gasteiger partial charge in [0.1, 0.15) is 5.01 Å². The van der Waals surface area contributed by atoms with Gasteiger partial charge in [0.25, 0.3) is 5.91 Å². The van der Waals surface area contributed by atoms with E-state index in [1.54, 1.807) is 25.2 Å². The van der Waals surface area contributed by atoms with Crippen LogP contribution in [-0.2, 0) is 10.0 Å². The molecule has 2 saturated carbocycles. The summed E-state index contributed by atoms with van der Waals surface area (Å²) in [5.41, 5.74) is 0.293. The molecule has 1 N–H and O–H groups in total. The highest BCUT2D eigenvalue weighted by Gasteiger charge is 2.30. The minimum Gasteiger partial charge on any atom is -0.296 e. The summed E-state index contributed by atoms with van der Waals surface area (Å²) in [4.78, 5) is 12.7. The lowest BCUT2D eigenvalue weighted by atomic mass is 9.96. The third-order valence-corrected chi connectivity index (χ3v) is 8.36. The molecule has 2 fully saturated rings. The number of anilines is 1. The van der Waals surface area contributed by atoms with Crippen molar-refractivity contribution in [1.29, 1.82) is 0 Å². The van der Waals surface area contributed by atoms with Gasteiger partial charge in [-0.05, 0) is 43.9 Å². The smallest absolute Gasteiger partial charge is 0.257 e. The van der Waals surface area contributed by atoms with E-state index in [1.165, 1.54) is 21.7 Å². The summed E-state index contributed by atoms with van der Waals surface area (Å²) in [6.07, 6.45) is 7.28. The van der Waals surface area contributed by atoms with Gasteiger partial charge < -0.3 is 0 Å².